The number of aliphatic hydroxyl groups excluding tert-OH is 1. The fourth-order valence-electron chi connectivity index (χ4n) is 1.06. The molecule has 0 saturated carbocycles. The van der Waals surface area contributed by atoms with Crippen LogP contribution < -0.4 is 24.2 Å². The van der Waals surface area contributed by atoms with Crippen LogP contribution >= 0.6 is 0 Å². The standard InChI is InChI=1S/C6H14N2O.Li.H/c1-6(9)8-4-2-7-3-5-8;;/h6-7,9H,2-5H2,1H3;;/q;+1;-1. The van der Waals surface area contributed by atoms with Crippen molar-refractivity contribution < 1.29 is 25.4 Å². The summed E-state index contributed by atoms with van der Waals surface area (Å²) in [5.41, 5.74) is 0. The van der Waals surface area contributed by atoms with E-state index in [1.165, 1.54) is 0 Å². The van der Waals surface area contributed by atoms with Crippen LogP contribution in [0, 0.1) is 0 Å². The second-order valence-electron chi connectivity index (χ2n) is 2.42. The van der Waals surface area contributed by atoms with Gasteiger partial charge >= 0.3 is 18.9 Å². The third-order valence-corrected chi connectivity index (χ3v) is 1.68. The monoisotopic (exact) mass is 138 g/mol. The van der Waals surface area contributed by atoms with Crippen LogP contribution in [-0.2, 0) is 0 Å². The largest absolute Gasteiger partial charge is 1.00 e. The number of hydrogen-bond donors (Lipinski definition) is 2. The molecule has 3 nitrogen and oxygen atoms in total. The molecule has 0 aromatic heterocycles. The Bertz CT molecular complexity index is 88.7. The number of piperazine rings is 1. The number of nitrogens with one attached hydrogen (secondary N) is 1. The zero-order valence-corrected chi connectivity index (χ0v) is 6.80. The van der Waals surface area contributed by atoms with Gasteiger partial charge in [-0.3, -0.25) is 4.90 Å². The van der Waals surface area contributed by atoms with Crippen LogP contribution in [0.3, 0.4) is 0 Å². The first-order valence-electron chi connectivity index (χ1n) is 3.43. The smallest absolute Gasteiger partial charge is 1.00 e. The van der Waals surface area contributed by atoms with Gasteiger partial charge in [0.2, 0.25) is 0 Å². The number of aliphatic hydroxyl groups is 1. The van der Waals surface area contributed by atoms with Crippen LogP contribution in [0.5, 0.6) is 0 Å². The van der Waals surface area contributed by atoms with Crippen molar-refractivity contribution in [2.75, 3.05) is 26.2 Å². The maximum atomic E-state index is 9.08. The third-order valence-electron chi connectivity index (χ3n) is 1.68. The molecule has 1 rings (SSSR count). The topological polar surface area (TPSA) is 35.5 Å². The summed E-state index contributed by atoms with van der Waals surface area (Å²) in [5.74, 6) is 0. The molecule has 4 heteroatoms. The summed E-state index contributed by atoms with van der Waals surface area (Å²) in [6.45, 7) is 5.76. The molecular formula is C6H15LiN2O. The second kappa shape index (κ2) is 5.17. The average molecular weight is 138 g/mol. The molecule has 56 valence electrons. The van der Waals surface area contributed by atoms with Gasteiger partial charge in [0.25, 0.3) is 0 Å². The summed E-state index contributed by atoms with van der Waals surface area (Å²) >= 11 is 0. The molecule has 1 heterocycles. The summed E-state index contributed by atoms with van der Waals surface area (Å²) in [6.07, 6.45) is -0.271. The molecule has 1 atom stereocenters. The molecule has 1 aliphatic heterocycles. The van der Waals surface area contributed by atoms with E-state index in [0.29, 0.717) is 0 Å². The van der Waals surface area contributed by atoms with Gasteiger partial charge in [0.05, 0.1) is 0 Å². The molecule has 0 amide bonds. The van der Waals surface area contributed by atoms with Gasteiger partial charge in [-0.05, 0) is 6.92 Å². The zero-order chi connectivity index (χ0) is 6.69. The molecule has 1 saturated heterocycles. The van der Waals surface area contributed by atoms with Crippen molar-refractivity contribution in [3.05, 3.63) is 0 Å². The molecule has 0 radical (unpaired) electrons. The predicted octanol–water partition coefficient (Wildman–Crippen LogP) is -3.65. The Kier molecular flexibility index (Phi) is 5.42. The Morgan fingerprint density at radius 3 is 2.30 bits per heavy atom. The van der Waals surface area contributed by atoms with Crippen LogP contribution in [0.25, 0.3) is 0 Å². The van der Waals surface area contributed by atoms with E-state index in [1.54, 1.807) is 0 Å². The Hall–Kier alpha value is 0.477. The fraction of sp³-hybridized carbons (Fsp3) is 1.00. The Morgan fingerprint density at radius 2 is 2.00 bits per heavy atom. The van der Waals surface area contributed by atoms with Crippen LogP contribution in [0.4, 0.5) is 0 Å². The molecule has 0 aromatic rings. The second-order valence-corrected chi connectivity index (χ2v) is 2.42. The van der Waals surface area contributed by atoms with E-state index in [9.17, 15) is 0 Å². The van der Waals surface area contributed by atoms with Gasteiger partial charge in [-0.2, -0.15) is 0 Å². The van der Waals surface area contributed by atoms with Gasteiger partial charge in [-0.25, -0.2) is 0 Å². The first-order valence-corrected chi connectivity index (χ1v) is 3.43. The van der Waals surface area contributed by atoms with Gasteiger partial charge < -0.3 is 11.8 Å². The summed E-state index contributed by atoms with van der Waals surface area (Å²) in [6, 6.07) is 0. The van der Waals surface area contributed by atoms with Gasteiger partial charge in [-0.1, -0.05) is 0 Å². The number of rotatable bonds is 1. The summed E-state index contributed by atoms with van der Waals surface area (Å²) in [4.78, 5) is 2.05. The summed E-state index contributed by atoms with van der Waals surface area (Å²) < 4.78 is 0. The Labute approximate surface area is 75.4 Å². The van der Waals surface area contributed by atoms with Gasteiger partial charge in [0, 0.05) is 26.2 Å². The van der Waals surface area contributed by atoms with E-state index < -0.39 is 0 Å². The maximum Gasteiger partial charge on any atom is 1.00 e. The predicted molar refractivity (Wildman–Crippen MR) is 37.2 cm³/mol. The van der Waals surface area contributed by atoms with Crippen molar-refractivity contribution >= 4 is 0 Å². The van der Waals surface area contributed by atoms with E-state index >= 15 is 0 Å². The molecule has 0 aromatic carbocycles. The van der Waals surface area contributed by atoms with Gasteiger partial charge in [0.1, 0.15) is 6.23 Å². The van der Waals surface area contributed by atoms with Crippen LogP contribution in [0.2, 0.25) is 0 Å². The quantitative estimate of drug-likeness (QED) is 0.367. The molecule has 1 unspecified atom stereocenters. The first-order chi connectivity index (χ1) is 4.30. The minimum Gasteiger partial charge on any atom is -1.00 e. The van der Waals surface area contributed by atoms with E-state index in [4.69, 9.17) is 5.11 Å². The van der Waals surface area contributed by atoms with E-state index in [-0.39, 0.29) is 26.5 Å². The SMILES string of the molecule is CC(O)N1CCNCC1.[H-].[Li+]. The van der Waals surface area contributed by atoms with Crippen molar-refractivity contribution in [1.82, 2.24) is 10.2 Å². The minimum atomic E-state index is -0.271. The molecule has 1 fully saturated rings. The molecular weight excluding hydrogens is 123 g/mol. The molecule has 0 spiro atoms. The molecule has 0 aliphatic carbocycles. The van der Waals surface area contributed by atoms with Crippen molar-refractivity contribution in [3.63, 3.8) is 0 Å². The van der Waals surface area contributed by atoms with Crippen LogP contribution in [0.15, 0.2) is 0 Å². The van der Waals surface area contributed by atoms with E-state index in [0.717, 1.165) is 26.2 Å². The van der Waals surface area contributed by atoms with Crippen molar-refractivity contribution in [2.24, 2.45) is 0 Å². The first kappa shape index (κ1) is 10.5. The Balaban J connectivity index is 0. The van der Waals surface area contributed by atoms with Gasteiger partial charge in [0.15, 0.2) is 0 Å². The Morgan fingerprint density at radius 1 is 1.50 bits per heavy atom. The normalized spacial score (nSPS) is 23.4. The summed E-state index contributed by atoms with van der Waals surface area (Å²) in [7, 11) is 0. The fourth-order valence-corrected chi connectivity index (χ4v) is 1.06. The van der Waals surface area contributed by atoms with Crippen LogP contribution in [-0.4, -0.2) is 42.4 Å². The third kappa shape index (κ3) is 3.04. The molecule has 10 heavy (non-hydrogen) atoms. The molecule has 2 N–H and O–H groups in total. The van der Waals surface area contributed by atoms with E-state index in [2.05, 4.69) is 10.2 Å². The number of hydrogen-bond acceptors (Lipinski definition) is 3. The zero-order valence-electron chi connectivity index (χ0n) is 7.80. The molecule has 0 bridgehead atoms. The van der Waals surface area contributed by atoms with Crippen molar-refractivity contribution in [2.45, 2.75) is 13.2 Å². The van der Waals surface area contributed by atoms with E-state index in [1.807, 2.05) is 6.92 Å². The number of nitrogens with zero attached hydrogens (tertiary/aromatic N) is 1. The van der Waals surface area contributed by atoms with Crippen molar-refractivity contribution in [3.8, 4) is 0 Å². The van der Waals surface area contributed by atoms with Gasteiger partial charge in [-0.15, -0.1) is 0 Å². The summed E-state index contributed by atoms with van der Waals surface area (Å²) in [5, 5.41) is 12.3. The average Bonchev–Trinajstić information content (AvgIpc) is 1.90. The maximum absolute atomic E-state index is 9.08. The minimum absolute atomic E-state index is 0. The van der Waals surface area contributed by atoms with Crippen molar-refractivity contribution in [1.29, 1.82) is 0 Å². The van der Waals surface area contributed by atoms with Crippen LogP contribution in [0.1, 0.15) is 8.35 Å². The molecule has 1 aliphatic rings.